The van der Waals surface area contributed by atoms with Crippen LogP contribution in [-0.2, 0) is 14.8 Å². The van der Waals surface area contributed by atoms with Crippen molar-refractivity contribution in [3.05, 3.63) is 28.8 Å². The number of benzene rings is 1. The van der Waals surface area contributed by atoms with Gasteiger partial charge < -0.3 is 8.99 Å². The van der Waals surface area contributed by atoms with E-state index in [0.29, 0.717) is 15.8 Å². The molecule has 1 aromatic rings. The third-order valence-corrected chi connectivity index (χ3v) is 2.66. The predicted octanol–water partition coefficient (Wildman–Crippen LogP) is 3.55. The van der Waals surface area contributed by atoms with Crippen LogP contribution in [0.15, 0.2) is 23.1 Å². The summed E-state index contributed by atoms with van der Waals surface area (Å²) in [4.78, 5) is 0.469. The van der Waals surface area contributed by atoms with Crippen LogP contribution in [0.25, 0.3) is 0 Å². The average molecular weight is 217 g/mol. The maximum Gasteiger partial charge on any atom is 0.0394 e. The van der Waals surface area contributed by atoms with Crippen molar-refractivity contribution in [1.29, 1.82) is 4.78 Å². The molecule has 0 saturated heterocycles. The molecule has 0 radical (unpaired) electrons. The topological polar surface area (TPSA) is 40.9 Å². The largest absolute Gasteiger partial charge is 0.440 e. The van der Waals surface area contributed by atoms with Crippen LogP contribution in [0.1, 0.15) is 25.3 Å². The van der Waals surface area contributed by atoms with E-state index in [1.165, 1.54) is 0 Å². The summed E-state index contributed by atoms with van der Waals surface area (Å²) >= 11 is 5.82. The fourth-order valence-electron chi connectivity index (χ4n) is 1.02. The molecule has 0 aliphatic carbocycles. The summed E-state index contributed by atoms with van der Waals surface area (Å²) in [5.74, 6) is 0.334. The second kappa shape index (κ2) is 4.11. The average Bonchev–Trinajstić information content (AvgIpc) is 2.03. The molecule has 1 rings (SSSR count). The number of rotatable bonds is 2. The molecule has 13 heavy (non-hydrogen) atoms. The van der Waals surface area contributed by atoms with Gasteiger partial charge in [0.1, 0.15) is 0 Å². The van der Waals surface area contributed by atoms with Crippen LogP contribution >= 0.6 is 11.6 Å². The molecule has 0 aliphatic rings. The van der Waals surface area contributed by atoms with Crippen LogP contribution in [0.3, 0.4) is 0 Å². The van der Waals surface area contributed by atoms with Crippen molar-refractivity contribution in [2.24, 2.45) is 0 Å². The molecule has 0 heterocycles. The molecule has 1 N–H and O–H groups in total. The third kappa shape index (κ3) is 2.71. The van der Waals surface area contributed by atoms with Crippen molar-refractivity contribution in [3.63, 3.8) is 0 Å². The van der Waals surface area contributed by atoms with Gasteiger partial charge in [-0.05, 0) is 17.5 Å². The minimum Gasteiger partial charge on any atom is -0.440 e. The molecular weight excluding hydrogens is 206 g/mol. The Hall–Kier alpha value is -0.540. The Morgan fingerprint density at radius 3 is 2.46 bits per heavy atom. The Bertz CT molecular complexity index is 377. The minimum absolute atomic E-state index is 0.334. The van der Waals surface area contributed by atoms with Gasteiger partial charge in [-0.1, -0.05) is 42.5 Å². The molecule has 0 unspecified atom stereocenters. The molecule has 72 valence electrons. The molecule has 0 aliphatic heterocycles. The fourth-order valence-corrected chi connectivity index (χ4v) is 1.81. The van der Waals surface area contributed by atoms with Crippen LogP contribution in [0.2, 0.25) is 5.02 Å². The van der Waals surface area contributed by atoms with Gasteiger partial charge in [-0.15, -0.1) is 0 Å². The van der Waals surface area contributed by atoms with Gasteiger partial charge >= 0.3 is 0 Å². The van der Waals surface area contributed by atoms with E-state index in [2.05, 4.69) is 0 Å². The molecule has 2 nitrogen and oxygen atoms in total. The quantitative estimate of drug-likeness (QED) is 0.755. The van der Waals surface area contributed by atoms with E-state index in [0.717, 1.165) is 5.56 Å². The smallest absolute Gasteiger partial charge is 0.0394 e. The zero-order chi connectivity index (χ0) is 10.0. The Labute approximate surface area is 84.9 Å². The van der Waals surface area contributed by atoms with Crippen LogP contribution < -0.4 is 0 Å². The first kappa shape index (κ1) is 10.5. The standard InChI is InChI=1S/C9H11ClNOS/c1-6(2)7-3-8(10)5-9(4-7)13(11)12/h3-6,11H,1-2H3/q-1. The van der Waals surface area contributed by atoms with Crippen molar-refractivity contribution in [2.45, 2.75) is 24.7 Å². The van der Waals surface area contributed by atoms with Gasteiger partial charge in [0.15, 0.2) is 0 Å². The van der Waals surface area contributed by atoms with Gasteiger partial charge in [0.25, 0.3) is 0 Å². The second-order valence-corrected chi connectivity index (χ2v) is 4.59. The lowest BCUT2D eigenvalue weighted by atomic mass is 10.0. The van der Waals surface area contributed by atoms with Crippen molar-refractivity contribution >= 4 is 22.2 Å². The maximum atomic E-state index is 10.9. The van der Waals surface area contributed by atoms with E-state index in [1.54, 1.807) is 12.1 Å². The predicted molar refractivity (Wildman–Crippen MR) is 54.6 cm³/mol. The first-order valence-corrected chi connectivity index (χ1v) is 5.47. The lowest BCUT2D eigenvalue weighted by Gasteiger charge is -2.10. The van der Waals surface area contributed by atoms with Gasteiger partial charge in [-0.25, -0.2) is 0 Å². The highest BCUT2D eigenvalue weighted by Gasteiger charge is 2.00. The first-order valence-electron chi connectivity index (χ1n) is 3.94. The zero-order valence-electron chi connectivity index (χ0n) is 7.50. The fraction of sp³-hybridized carbons (Fsp3) is 0.333. The van der Waals surface area contributed by atoms with E-state index in [9.17, 15) is 4.21 Å². The lowest BCUT2D eigenvalue weighted by Crippen LogP contribution is -1.89. The van der Waals surface area contributed by atoms with Gasteiger partial charge in [0, 0.05) is 5.02 Å². The van der Waals surface area contributed by atoms with E-state index < -0.39 is 10.6 Å². The first-order chi connectivity index (χ1) is 6.00. The van der Waals surface area contributed by atoms with E-state index in [1.807, 2.05) is 19.9 Å². The normalized spacial score (nSPS) is 11.2. The Morgan fingerprint density at radius 1 is 1.38 bits per heavy atom. The molecule has 0 fully saturated rings. The van der Waals surface area contributed by atoms with Crippen LogP contribution in [0, 0.1) is 4.78 Å². The van der Waals surface area contributed by atoms with E-state index in [4.69, 9.17) is 16.4 Å². The van der Waals surface area contributed by atoms with Crippen molar-refractivity contribution in [1.82, 2.24) is 0 Å². The highest BCUT2D eigenvalue weighted by Crippen LogP contribution is 2.22. The molecule has 4 heteroatoms. The van der Waals surface area contributed by atoms with Gasteiger partial charge in [-0.2, -0.15) is 10.6 Å². The summed E-state index contributed by atoms with van der Waals surface area (Å²) in [6.07, 6.45) is 0. The monoisotopic (exact) mass is 216 g/mol. The van der Waals surface area contributed by atoms with E-state index in [-0.39, 0.29) is 0 Å². The summed E-state index contributed by atoms with van der Waals surface area (Å²) in [7, 11) is -1.70. The summed E-state index contributed by atoms with van der Waals surface area (Å²) in [6, 6.07) is 5.17. The molecule has 0 saturated carbocycles. The second-order valence-electron chi connectivity index (χ2n) is 3.14. The van der Waals surface area contributed by atoms with Gasteiger partial charge in [0.2, 0.25) is 0 Å². The van der Waals surface area contributed by atoms with Crippen LogP contribution in [0.5, 0.6) is 0 Å². The number of hydrogen-bond acceptors (Lipinski definition) is 3. The summed E-state index contributed by atoms with van der Waals surface area (Å²) in [5.41, 5.74) is 1.02. The SMILES string of the molecule is CC(C)c1cc(Cl)cc([S-](=N)=O)c1. The summed E-state index contributed by atoms with van der Waals surface area (Å²) < 4.78 is 18.0. The molecule has 1 aromatic carbocycles. The molecule has 0 amide bonds. The summed E-state index contributed by atoms with van der Waals surface area (Å²) in [6.45, 7) is 4.06. The third-order valence-electron chi connectivity index (χ3n) is 1.77. The maximum absolute atomic E-state index is 10.9. The number of halogens is 1. The molecule has 0 bridgehead atoms. The Kier molecular flexibility index (Phi) is 3.33. The highest BCUT2D eigenvalue weighted by atomic mass is 35.5. The number of hydrogen-bond donors (Lipinski definition) is 1. The summed E-state index contributed by atoms with van der Waals surface area (Å²) in [5, 5.41) is 0.543. The molecule has 0 spiro atoms. The van der Waals surface area contributed by atoms with Crippen LogP contribution in [-0.4, -0.2) is 0 Å². The van der Waals surface area contributed by atoms with Crippen molar-refractivity contribution < 1.29 is 4.21 Å². The molecular formula is C9H11ClNOS-. The Balaban J connectivity index is 3.26. The molecule has 0 atom stereocenters. The van der Waals surface area contributed by atoms with Gasteiger partial charge in [0.05, 0.1) is 0 Å². The number of nitrogens with one attached hydrogen (secondary N) is 1. The Morgan fingerprint density at radius 2 is 2.00 bits per heavy atom. The zero-order valence-corrected chi connectivity index (χ0v) is 9.08. The van der Waals surface area contributed by atoms with Gasteiger partial charge in [-0.3, -0.25) is 0 Å². The highest BCUT2D eigenvalue weighted by molar-refractivity contribution is 7.73. The van der Waals surface area contributed by atoms with E-state index >= 15 is 0 Å². The van der Waals surface area contributed by atoms with Crippen molar-refractivity contribution in [2.75, 3.05) is 0 Å². The minimum atomic E-state index is -1.70. The molecule has 0 aromatic heterocycles. The van der Waals surface area contributed by atoms with Crippen LogP contribution in [0.4, 0.5) is 0 Å². The lowest BCUT2D eigenvalue weighted by molar-refractivity contribution is 0.599. The van der Waals surface area contributed by atoms with Crippen molar-refractivity contribution in [3.8, 4) is 0 Å².